The van der Waals surface area contributed by atoms with Crippen molar-refractivity contribution in [2.45, 2.75) is 12.8 Å². The van der Waals surface area contributed by atoms with Crippen molar-refractivity contribution >= 4 is 17.6 Å². The number of nitrogens with one attached hydrogen (secondary N) is 1. The number of hydrogen-bond donors (Lipinski definition) is 2. The molecule has 0 heterocycles. The second-order valence-corrected chi connectivity index (χ2v) is 6.75. The van der Waals surface area contributed by atoms with E-state index in [1.165, 1.54) is 0 Å². The number of carbonyl (C=O) groups excluding carboxylic acids is 1. The smallest absolute Gasteiger partial charge is 0.307 e. The van der Waals surface area contributed by atoms with Gasteiger partial charge in [0.05, 0.1) is 24.6 Å². The van der Waals surface area contributed by atoms with Crippen LogP contribution in [0.1, 0.15) is 12.8 Å². The van der Waals surface area contributed by atoms with Crippen molar-refractivity contribution in [1.82, 2.24) is 0 Å². The number of carboxylic acids is 1. The number of anilines is 1. The highest BCUT2D eigenvalue weighted by Crippen LogP contribution is 2.72. The van der Waals surface area contributed by atoms with Gasteiger partial charge in [0, 0.05) is 0 Å². The third-order valence-electron chi connectivity index (χ3n) is 5.79. The van der Waals surface area contributed by atoms with Gasteiger partial charge in [-0.2, -0.15) is 0 Å². The van der Waals surface area contributed by atoms with Crippen LogP contribution in [0.2, 0.25) is 0 Å². The monoisotopic (exact) mass is 313 g/mol. The van der Waals surface area contributed by atoms with Gasteiger partial charge in [-0.05, 0) is 42.2 Å². The van der Waals surface area contributed by atoms with Crippen molar-refractivity contribution in [2.75, 3.05) is 12.4 Å². The quantitative estimate of drug-likeness (QED) is 0.838. The molecule has 2 N–H and O–H groups in total. The summed E-state index contributed by atoms with van der Waals surface area (Å²) in [7, 11) is 1.55. The van der Waals surface area contributed by atoms with E-state index in [2.05, 4.69) is 11.4 Å². The molecule has 1 spiro atoms. The van der Waals surface area contributed by atoms with Crippen LogP contribution in [0.5, 0.6) is 5.75 Å². The third kappa shape index (κ3) is 1.92. The number of methoxy groups -OCH3 is 1. The van der Waals surface area contributed by atoms with Crippen LogP contribution in [0.15, 0.2) is 36.4 Å². The number of ether oxygens (including phenoxy) is 1. The average molecular weight is 313 g/mol. The number of amides is 1. The number of para-hydroxylation sites is 2. The molecule has 120 valence electrons. The van der Waals surface area contributed by atoms with Crippen molar-refractivity contribution < 1.29 is 19.4 Å². The van der Waals surface area contributed by atoms with Crippen molar-refractivity contribution in [3.8, 4) is 5.75 Å². The molecule has 2 bridgehead atoms. The van der Waals surface area contributed by atoms with E-state index in [9.17, 15) is 14.7 Å². The number of rotatable bonds is 4. The Morgan fingerprint density at radius 2 is 1.83 bits per heavy atom. The van der Waals surface area contributed by atoms with Crippen molar-refractivity contribution in [1.29, 1.82) is 0 Å². The van der Waals surface area contributed by atoms with Gasteiger partial charge in [-0.3, -0.25) is 9.59 Å². The molecular weight excluding hydrogens is 294 g/mol. The van der Waals surface area contributed by atoms with E-state index >= 15 is 0 Å². The first-order valence-electron chi connectivity index (χ1n) is 7.93. The molecule has 23 heavy (non-hydrogen) atoms. The van der Waals surface area contributed by atoms with E-state index in [0.717, 1.165) is 12.8 Å². The van der Waals surface area contributed by atoms with E-state index in [1.807, 2.05) is 18.2 Å². The predicted octanol–water partition coefficient (Wildman–Crippen LogP) is 2.55. The fourth-order valence-electron chi connectivity index (χ4n) is 4.65. The standard InChI is InChI=1S/C18H19NO4/c1-23-13-5-3-2-4-12(13)19-16(20)14-10-6-7-11(15(14)17(21)22)18(10)8-9-18/h2-7,10-11,14-15H,8-9H2,1H3,(H,19,20)(H,21,22)/t10-,11-,14-,15-/m1/s1. The number of carbonyl (C=O) groups is 2. The van der Waals surface area contributed by atoms with E-state index in [4.69, 9.17) is 4.74 Å². The van der Waals surface area contributed by atoms with E-state index in [-0.39, 0.29) is 23.2 Å². The molecule has 1 aromatic rings. The highest BCUT2D eigenvalue weighted by Gasteiger charge is 2.70. The van der Waals surface area contributed by atoms with Gasteiger partial charge in [-0.25, -0.2) is 0 Å². The normalized spacial score (nSPS) is 32.0. The lowest BCUT2D eigenvalue weighted by atomic mass is 9.82. The molecule has 4 atom stereocenters. The second kappa shape index (κ2) is 4.85. The molecule has 4 rings (SSSR count). The third-order valence-corrected chi connectivity index (χ3v) is 5.79. The van der Waals surface area contributed by atoms with Gasteiger partial charge in [-0.15, -0.1) is 0 Å². The lowest BCUT2D eigenvalue weighted by Gasteiger charge is -2.24. The summed E-state index contributed by atoms with van der Waals surface area (Å²) in [4.78, 5) is 24.6. The Hall–Kier alpha value is -2.30. The topological polar surface area (TPSA) is 75.6 Å². The number of benzene rings is 1. The molecule has 1 amide bonds. The Kier molecular flexibility index (Phi) is 3.01. The van der Waals surface area contributed by atoms with Crippen LogP contribution in [-0.2, 0) is 9.59 Å². The summed E-state index contributed by atoms with van der Waals surface area (Å²) in [5.74, 6) is -1.59. The van der Waals surface area contributed by atoms with Gasteiger partial charge in [0.2, 0.25) is 5.91 Å². The Morgan fingerprint density at radius 1 is 1.17 bits per heavy atom. The van der Waals surface area contributed by atoms with Gasteiger partial charge >= 0.3 is 5.97 Å². The van der Waals surface area contributed by atoms with Crippen molar-refractivity contribution in [2.24, 2.45) is 29.1 Å². The first-order chi connectivity index (χ1) is 11.1. The lowest BCUT2D eigenvalue weighted by molar-refractivity contribution is -0.146. The average Bonchev–Trinajstić information content (AvgIpc) is 3.21. The van der Waals surface area contributed by atoms with Crippen LogP contribution in [0.3, 0.4) is 0 Å². The molecule has 0 unspecified atom stereocenters. The molecule has 0 radical (unpaired) electrons. The zero-order chi connectivity index (χ0) is 16.2. The number of allylic oxidation sites excluding steroid dienone is 2. The summed E-state index contributed by atoms with van der Waals surface area (Å²) >= 11 is 0. The Balaban J connectivity index is 1.63. The maximum atomic E-state index is 12.8. The van der Waals surface area contributed by atoms with Gasteiger partial charge in [0.25, 0.3) is 0 Å². The minimum atomic E-state index is -0.867. The van der Waals surface area contributed by atoms with Crippen LogP contribution in [0.4, 0.5) is 5.69 Å². The molecular formula is C18H19NO4. The summed E-state index contributed by atoms with van der Waals surface area (Å²) in [6, 6.07) is 7.18. The van der Waals surface area contributed by atoms with Crippen LogP contribution in [0, 0.1) is 29.1 Å². The van der Waals surface area contributed by atoms with Crippen LogP contribution in [-0.4, -0.2) is 24.1 Å². The van der Waals surface area contributed by atoms with Gasteiger partial charge in [0.15, 0.2) is 0 Å². The van der Waals surface area contributed by atoms with Gasteiger partial charge in [0.1, 0.15) is 5.75 Å². The molecule has 3 aliphatic carbocycles. The summed E-state index contributed by atoms with van der Waals surface area (Å²) in [5.41, 5.74) is 0.618. The fraction of sp³-hybridized carbons (Fsp3) is 0.444. The molecule has 5 nitrogen and oxygen atoms in total. The summed E-state index contributed by atoms with van der Waals surface area (Å²) in [5, 5.41) is 12.5. The largest absolute Gasteiger partial charge is 0.495 e. The van der Waals surface area contributed by atoms with Crippen molar-refractivity contribution in [3.63, 3.8) is 0 Å². The Labute approximate surface area is 134 Å². The zero-order valence-corrected chi connectivity index (χ0v) is 12.9. The number of aliphatic carboxylic acids is 1. The molecule has 5 heteroatoms. The Morgan fingerprint density at radius 3 is 2.43 bits per heavy atom. The highest BCUT2D eigenvalue weighted by atomic mass is 16.5. The van der Waals surface area contributed by atoms with Crippen LogP contribution < -0.4 is 10.1 Å². The molecule has 3 aliphatic rings. The number of carboxylic acid groups (broad SMARTS) is 1. The zero-order valence-electron chi connectivity index (χ0n) is 12.9. The predicted molar refractivity (Wildman–Crippen MR) is 84.0 cm³/mol. The van der Waals surface area contributed by atoms with Gasteiger partial charge < -0.3 is 15.2 Å². The molecule has 0 aromatic heterocycles. The molecule has 0 saturated heterocycles. The lowest BCUT2D eigenvalue weighted by Crippen LogP contribution is -2.36. The number of hydrogen-bond acceptors (Lipinski definition) is 3. The maximum absolute atomic E-state index is 12.8. The van der Waals surface area contributed by atoms with Crippen molar-refractivity contribution in [3.05, 3.63) is 36.4 Å². The Bertz CT molecular complexity index is 707. The maximum Gasteiger partial charge on any atom is 0.307 e. The summed E-state index contributed by atoms with van der Waals surface area (Å²) < 4.78 is 5.25. The minimum absolute atomic E-state index is 0.00146. The molecule has 0 aliphatic heterocycles. The van der Waals surface area contributed by atoms with E-state index in [1.54, 1.807) is 19.2 Å². The molecule has 2 fully saturated rings. The van der Waals surface area contributed by atoms with Crippen LogP contribution in [0.25, 0.3) is 0 Å². The highest BCUT2D eigenvalue weighted by molar-refractivity contribution is 5.97. The second-order valence-electron chi connectivity index (χ2n) is 6.75. The first kappa shape index (κ1) is 14.3. The first-order valence-corrected chi connectivity index (χ1v) is 7.93. The fourth-order valence-corrected chi connectivity index (χ4v) is 4.65. The minimum Gasteiger partial charge on any atom is -0.495 e. The van der Waals surface area contributed by atoms with E-state index < -0.39 is 17.8 Å². The summed E-state index contributed by atoms with van der Waals surface area (Å²) in [6.07, 6.45) is 6.13. The van der Waals surface area contributed by atoms with Gasteiger partial charge in [-0.1, -0.05) is 24.3 Å². The van der Waals surface area contributed by atoms with E-state index in [0.29, 0.717) is 11.4 Å². The SMILES string of the molecule is COc1ccccc1NC(=O)[C@H]1[C@H](C(=O)O)[C@H]2C=C[C@H]1C21CC1. The van der Waals surface area contributed by atoms with Crippen LogP contribution >= 0.6 is 0 Å². The molecule has 2 saturated carbocycles. The molecule has 1 aromatic carbocycles. The summed E-state index contributed by atoms with van der Waals surface area (Å²) in [6.45, 7) is 0.